The minimum Gasteiger partial charge on any atom is -0.480 e. The van der Waals surface area contributed by atoms with Gasteiger partial charge in [-0.15, -0.1) is 0 Å². The van der Waals surface area contributed by atoms with Gasteiger partial charge in [-0.1, -0.05) is 39.8 Å². The lowest BCUT2D eigenvalue weighted by Gasteiger charge is -2.31. The number of halogens is 12. The summed E-state index contributed by atoms with van der Waals surface area (Å²) in [6.45, 7) is 21.0. The second-order valence-corrected chi connectivity index (χ2v) is 28.8. The average molecular weight is 1550 g/mol. The van der Waals surface area contributed by atoms with Crippen molar-refractivity contribution in [3.8, 4) is 22.3 Å². The Labute approximate surface area is 629 Å². The van der Waals surface area contributed by atoms with Gasteiger partial charge in [-0.2, -0.15) is 53.3 Å². The normalized spacial score (nSPS) is 15.6. The molecular weight excluding hydrogens is 1460 g/mol. The number of nitrogens with zero attached hydrogens (tertiary/aromatic N) is 4. The molecule has 588 valence electrons. The molecule has 4 aliphatic rings. The Kier molecular flexibility index (Phi) is 31.3. The molecular formula is C79H97F12N5O9S2. The quantitative estimate of drug-likeness (QED) is 0.0351. The smallest absolute Gasteiger partial charge is 0.416 e. The summed E-state index contributed by atoms with van der Waals surface area (Å²) < 4.78 is 187. The first-order valence-corrected chi connectivity index (χ1v) is 35.8. The molecule has 4 heterocycles. The number of esters is 2. The van der Waals surface area contributed by atoms with E-state index in [0.717, 1.165) is 73.4 Å². The van der Waals surface area contributed by atoms with Crippen molar-refractivity contribution in [3.63, 3.8) is 0 Å². The number of ketones is 1. The summed E-state index contributed by atoms with van der Waals surface area (Å²) >= 11 is 0. The largest absolute Gasteiger partial charge is 0.480 e. The van der Waals surface area contributed by atoms with Gasteiger partial charge in [0.2, 0.25) is 0 Å². The van der Waals surface area contributed by atoms with Gasteiger partial charge < -0.3 is 39.2 Å². The van der Waals surface area contributed by atoms with Gasteiger partial charge in [0.1, 0.15) is 40.9 Å². The number of Topliss-reactive ketones (excluding diaryl/α,β-unsaturated/α-hetero) is 1. The van der Waals surface area contributed by atoms with Crippen LogP contribution < -0.4 is 16.9 Å². The van der Waals surface area contributed by atoms with Gasteiger partial charge in [-0.3, -0.25) is 24.0 Å². The Bertz CT molecular complexity index is 4300. The van der Waals surface area contributed by atoms with Crippen molar-refractivity contribution in [3.05, 3.63) is 183 Å². The van der Waals surface area contributed by atoms with Crippen LogP contribution in [0.15, 0.2) is 70.5 Å². The third-order valence-corrected chi connectivity index (χ3v) is 19.9. The number of aromatic nitrogens is 2. The average Bonchev–Trinajstić information content (AvgIpc) is 1.75. The van der Waals surface area contributed by atoms with E-state index in [9.17, 15) is 69.0 Å². The number of ether oxygens (including phenoxy) is 2. The van der Waals surface area contributed by atoms with Crippen molar-refractivity contribution >= 4 is 50.7 Å². The Morgan fingerprint density at radius 2 is 0.935 bits per heavy atom. The number of carbonyl (C=O) groups excluding carboxylic acids is 3. The van der Waals surface area contributed by atoms with E-state index in [4.69, 9.17) is 15.2 Å². The van der Waals surface area contributed by atoms with Gasteiger partial charge in [-0.05, 0) is 236 Å². The van der Waals surface area contributed by atoms with Crippen molar-refractivity contribution in [2.45, 2.75) is 201 Å². The topological polar surface area (TPSA) is 183 Å². The zero-order valence-corrected chi connectivity index (χ0v) is 63.9. The highest BCUT2D eigenvalue weighted by Gasteiger charge is 2.41. The molecule has 14 nitrogen and oxygen atoms in total. The Balaban J connectivity index is 0.000000274. The van der Waals surface area contributed by atoms with Gasteiger partial charge in [0, 0.05) is 78.3 Å². The maximum Gasteiger partial charge on any atom is 0.416 e. The Morgan fingerprint density at radius 3 is 1.30 bits per heavy atom. The van der Waals surface area contributed by atoms with E-state index in [1.54, 1.807) is 68.4 Å². The number of alkyl halides is 6. The monoisotopic (exact) mass is 1550 g/mol. The minimum absolute atomic E-state index is 0. The maximum atomic E-state index is 16.9. The van der Waals surface area contributed by atoms with Crippen molar-refractivity contribution in [1.29, 1.82) is 0 Å². The van der Waals surface area contributed by atoms with E-state index in [1.165, 1.54) is 37.3 Å². The van der Waals surface area contributed by atoms with E-state index in [0.29, 0.717) is 60.3 Å². The zero-order chi connectivity index (χ0) is 77.4. The fourth-order valence-electron chi connectivity index (χ4n) is 13.8. The molecule has 4 atom stereocenters. The van der Waals surface area contributed by atoms with Crippen molar-refractivity contribution in [2.75, 3.05) is 52.5 Å². The number of carboxylic acid groups (broad SMARTS) is 1. The third-order valence-electron chi connectivity index (χ3n) is 19.9. The molecule has 2 unspecified atom stereocenters. The lowest BCUT2D eigenvalue weighted by molar-refractivity contribution is -0.144. The van der Waals surface area contributed by atoms with E-state index in [-0.39, 0.29) is 146 Å². The number of aliphatic carboxylic acids is 1. The first-order valence-electron chi connectivity index (χ1n) is 35.8. The number of nitrogens with two attached hydrogens (primary N) is 1. The van der Waals surface area contributed by atoms with Crippen LogP contribution in [0.4, 0.5) is 52.7 Å². The number of carboxylic acids is 1. The lowest BCUT2D eigenvalue weighted by atomic mass is 9.82. The lowest BCUT2D eigenvalue weighted by Crippen LogP contribution is -2.39. The molecule has 10 rings (SSSR count). The molecule has 0 bridgehead atoms. The van der Waals surface area contributed by atoms with Crippen LogP contribution in [0, 0.1) is 74.4 Å². The summed E-state index contributed by atoms with van der Waals surface area (Å²) in [6, 6.07) is 5.89. The molecule has 0 radical (unpaired) electrons. The second kappa shape index (κ2) is 37.8. The number of benzene rings is 4. The highest BCUT2D eigenvalue weighted by atomic mass is 32.1. The third kappa shape index (κ3) is 22.0. The number of hydrogen-bond donors (Lipinski definition) is 2. The Hall–Kier alpha value is -7.40. The molecule has 0 spiro atoms. The predicted octanol–water partition coefficient (Wildman–Crippen LogP) is 17.2. The van der Waals surface area contributed by atoms with Crippen LogP contribution in [0.25, 0.3) is 22.3 Å². The molecule has 4 fully saturated rings. The van der Waals surface area contributed by atoms with Crippen LogP contribution in [-0.2, 0) is 53.8 Å². The van der Waals surface area contributed by atoms with Crippen molar-refractivity contribution in [1.82, 2.24) is 18.9 Å². The molecule has 4 aromatic carbocycles. The second-order valence-electron chi connectivity index (χ2n) is 28.8. The van der Waals surface area contributed by atoms with Crippen molar-refractivity contribution < 1.29 is 86.4 Å². The zero-order valence-electron chi connectivity index (χ0n) is 61.9. The molecule has 2 saturated heterocycles. The van der Waals surface area contributed by atoms with E-state index in [1.807, 2.05) is 9.80 Å². The summed E-state index contributed by atoms with van der Waals surface area (Å²) in [5.41, 5.74) is 3.90. The molecule has 2 aromatic heterocycles. The number of carbonyl (C=O) groups is 4. The fourth-order valence-corrected chi connectivity index (χ4v) is 13.8. The van der Waals surface area contributed by atoms with Gasteiger partial charge in [0.15, 0.2) is 5.78 Å². The van der Waals surface area contributed by atoms with Gasteiger partial charge >= 0.3 is 30.3 Å². The summed E-state index contributed by atoms with van der Waals surface area (Å²) in [7, 11) is 0. The molecule has 107 heavy (non-hydrogen) atoms. The highest BCUT2D eigenvalue weighted by Crippen LogP contribution is 2.49. The molecule has 2 aliphatic heterocycles. The Morgan fingerprint density at radius 1 is 0.551 bits per heavy atom. The summed E-state index contributed by atoms with van der Waals surface area (Å²) in [4.78, 5) is 80.3. The summed E-state index contributed by atoms with van der Waals surface area (Å²) in [6.07, 6.45) is -3.61. The van der Waals surface area contributed by atoms with Crippen LogP contribution >= 0.6 is 27.0 Å². The molecule has 2 aliphatic carbocycles. The first-order chi connectivity index (χ1) is 49.4. The number of likely N-dealkylation sites (tertiary alicyclic amines) is 2. The first kappa shape index (κ1) is 88.5. The minimum atomic E-state index is -4.80. The van der Waals surface area contributed by atoms with Crippen LogP contribution in [0.2, 0.25) is 0 Å². The van der Waals surface area contributed by atoms with Crippen LogP contribution in [0.5, 0.6) is 0 Å². The van der Waals surface area contributed by atoms with E-state index in [2.05, 4.69) is 0 Å². The number of pyridine rings is 2. The molecule has 28 heteroatoms. The molecule has 0 amide bonds. The highest BCUT2D eigenvalue weighted by molar-refractivity contribution is 7.59. The molecule has 3 N–H and O–H groups in total. The van der Waals surface area contributed by atoms with Crippen LogP contribution in [0.3, 0.4) is 0 Å². The van der Waals surface area contributed by atoms with E-state index < -0.39 is 136 Å². The summed E-state index contributed by atoms with van der Waals surface area (Å²) in [5.74, 6) is -9.75. The molecule has 2 saturated carbocycles. The number of hydrogen-bond acceptors (Lipinski definition) is 11. The fraction of sp³-hybridized carbons (Fsp3) is 0.519. The van der Waals surface area contributed by atoms with Gasteiger partial charge in [0.05, 0.1) is 43.2 Å². The summed E-state index contributed by atoms with van der Waals surface area (Å²) in [5, 5.41) is 9.40. The van der Waals surface area contributed by atoms with Crippen LogP contribution in [0.1, 0.15) is 215 Å². The van der Waals surface area contributed by atoms with Gasteiger partial charge in [-0.25, -0.2) is 31.1 Å². The van der Waals surface area contributed by atoms with Crippen molar-refractivity contribution in [2.24, 2.45) is 17.6 Å². The SMILES string of the molecule is CC(C)CC(C(=O)O)n1cc(CCN2CCC2)c(C(F)(F)F)cc1=O.CCOC(=O)C[C@H](CC(=O)C(CC(C)C)n1cc(CCN2CCC2)c(C(F)(F)F)cc1=O)c1c(F)c(-c2c(C)ccc(F)c2C)cc(C2CC2)c1F.CCOC(=O)C[C@H](N)c1c(F)c(-c2c(C)ccc(F)c2C)cc(C2CC2)c1F.S.S. The number of aryl methyl sites for hydroxylation is 2. The number of rotatable bonds is 28. The predicted molar refractivity (Wildman–Crippen MR) is 395 cm³/mol. The standard InChI is InChI=1S/C40H46F6N2O4.C22H24F3NO2.C17H23F3N2O3.2H2S/c1-6-52-35(51)18-27(37-38(42)28(25-9-10-25)19-29(39(37)43)36-23(4)8-11-31(41)24(36)5)17-33(49)32(16-22(2)3)48-21-26(12-15-47-13-7-14-47)30(20-34(48)50)40(44,45)46;1-4-28-18(27)10-17(26)20-21(24)14(13-6-7-13)9-15(22(20)25)19-11(2)5-8-16(23)12(19)3;1-11(2)8-14(16(24)25)22-10-12(4-7-21-5-3-6-21)13(9-15(22)23)17(18,19)20;;/h8,11,19-22,25,27,32H,6-7,9-10,12-18H2,1-5H3;5,8-9,13,17H,4,6-7,10,26H2,1-3H3;9-11,14H,3-8H2,1-2H3,(H,24,25);2*1H2/t27-,32?;17-;;;/m00.../s1. The van der Waals surface area contributed by atoms with E-state index >= 15 is 17.6 Å². The maximum absolute atomic E-state index is 16.9. The van der Waals surface area contributed by atoms with Gasteiger partial charge in [0.25, 0.3) is 11.1 Å². The van der Waals surface area contributed by atoms with Crippen LogP contribution in [-0.4, -0.2) is 100 Å². The molecule has 6 aromatic rings.